The summed E-state index contributed by atoms with van der Waals surface area (Å²) in [6.45, 7) is 1.96. The van der Waals surface area contributed by atoms with Gasteiger partial charge in [-0.15, -0.1) is 5.10 Å². The third-order valence-electron chi connectivity index (χ3n) is 5.50. The van der Waals surface area contributed by atoms with E-state index in [9.17, 15) is 18.0 Å². The van der Waals surface area contributed by atoms with E-state index in [0.717, 1.165) is 16.3 Å². The first-order valence-electron chi connectivity index (χ1n) is 9.37. The maximum absolute atomic E-state index is 13.3. The number of rotatable bonds is 1. The molecule has 29 heavy (non-hydrogen) atoms. The van der Waals surface area contributed by atoms with Gasteiger partial charge < -0.3 is 5.32 Å². The number of fused-ring (bicyclic) bond motifs is 2. The summed E-state index contributed by atoms with van der Waals surface area (Å²) in [6, 6.07) is 12.5. The summed E-state index contributed by atoms with van der Waals surface area (Å²) in [5.74, 6) is -1.17. The molecule has 0 bridgehead atoms. The first-order valence-corrected chi connectivity index (χ1v) is 9.37. The molecular weight excluding hydrogens is 381 g/mol. The van der Waals surface area contributed by atoms with Crippen LogP contribution in [-0.2, 0) is 11.0 Å². The predicted octanol–water partition coefficient (Wildman–Crippen LogP) is 4.72. The van der Waals surface area contributed by atoms with E-state index in [1.165, 1.54) is 4.68 Å². The van der Waals surface area contributed by atoms with E-state index >= 15 is 0 Å². The van der Waals surface area contributed by atoms with Gasteiger partial charge in [-0.25, -0.2) is 4.68 Å². The molecule has 5 nitrogen and oxygen atoms in total. The molecule has 3 aromatic rings. The van der Waals surface area contributed by atoms with Gasteiger partial charge in [0.2, 0.25) is 5.95 Å². The van der Waals surface area contributed by atoms with Gasteiger partial charge in [-0.3, -0.25) is 4.79 Å². The number of benzene rings is 2. The number of hydrogen-bond acceptors (Lipinski definition) is 4. The molecule has 0 radical (unpaired) electrons. The molecule has 2 aromatic carbocycles. The number of alkyl halides is 3. The van der Waals surface area contributed by atoms with E-state index in [-0.39, 0.29) is 17.6 Å². The number of nitrogens with one attached hydrogen (secondary N) is 1. The van der Waals surface area contributed by atoms with Gasteiger partial charge in [-0.1, -0.05) is 49.4 Å². The third kappa shape index (κ3) is 2.82. The summed E-state index contributed by atoms with van der Waals surface area (Å²) in [7, 11) is 0. The minimum Gasteiger partial charge on any atom is -0.328 e. The lowest BCUT2D eigenvalue weighted by Gasteiger charge is -2.34. The zero-order valence-corrected chi connectivity index (χ0v) is 15.5. The Kier molecular flexibility index (Phi) is 3.81. The quantitative estimate of drug-likeness (QED) is 0.645. The molecule has 0 spiro atoms. The Morgan fingerprint density at radius 2 is 1.86 bits per heavy atom. The topological polar surface area (TPSA) is 59.8 Å². The molecule has 0 amide bonds. The molecule has 1 aromatic heterocycles. The Morgan fingerprint density at radius 3 is 2.66 bits per heavy atom. The Balaban J connectivity index is 1.79. The lowest BCUT2D eigenvalue weighted by molar-refractivity contribution is -0.145. The van der Waals surface area contributed by atoms with Crippen LogP contribution >= 0.6 is 0 Å². The van der Waals surface area contributed by atoms with E-state index in [4.69, 9.17) is 0 Å². The van der Waals surface area contributed by atoms with Crippen molar-refractivity contribution >= 4 is 22.5 Å². The van der Waals surface area contributed by atoms with E-state index in [1.54, 1.807) is 0 Å². The lowest BCUT2D eigenvalue weighted by Crippen LogP contribution is -2.33. The second-order valence-corrected chi connectivity index (χ2v) is 7.63. The standard InChI is InChI=1S/C21H17F3N4O/c1-11-9-15-17(16(29)10-11)18(14-8-4-6-12-5-2-3-7-13(12)14)28-20(25-15)26-19(27-28)21(22,23)24/h2-8,11,18H,9-10H2,1H3,(H,25,26,27)/t11-,18+/m1/s1. The molecule has 0 fully saturated rings. The van der Waals surface area contributed by atoms with Crippen LogP contribution in [0.4, 0.5) is 19.1 Å². The number of carbonyl (C=O) groups is 1. The van der Waals surface area contributed by atoms with Crippen molar-refractivity contribution in [3.05, 3.63) is 65.1 Å². The SMILES string of the molecule is C[C@H]1CC(=O)C2=C(C1)Nc1nc(C(F)(F)F)nn1[C@H]2c1cccc2ccccc12. The van der Waals surface area contributed by atoms with Crippen molar-refractivity contribution in [1.82, 2.24) is 14.8 Å². The Labute approximate surface area is 164 Å². The average Bonchev–Trinajstić information content (AvgIpc) is 3.10. The molecule has 5 rings (SSSR count). The average molecular weight is 398 g/mol. The summed E-state index contributed by atoms with van der Waals surface area (Å²) < 4.78 is 41.2. The Hall–Kier alpha value is -3.16. The lowest BCUT2D eigenvalue weighted by atomic mass is 9.80. The minimum atomic E-state index is -4.67. The van der Waals surface area contributed by atoms with E-state index in [2.05, 4.69) is 15.4 Å². The van der Waals surface area contributed by atoms with Crippen molar-refractivity contribution in [2.75, 3.05) is 5.32 Å². The van der Waals surface area contributed by atoms with Crippen molar-refractivity contribution in [1.29, 1.82) is 0 Å². The number of aromatic nitrogens is 3. The number of carbonyl (C=O) groups excluding carboxylic acids is 1. The van der Waals surface area contributed by atoms with E-state index in [1.807, 2.05) is 49.4 Å². The van der Waals surface area contributed by atoms with Gasteiger partial charge in [0, 0.05) is 17.7 Å². The smallest absolute Gasteiger partial charge is 0.328 e. The molecule has 0 unspecified atom stereocenters. The van der Waals surface area contributed by atoms with Gasteiger partial charge in [0.15, 0.2) is 5.78 Å². The van der Waals surface area contributed by atoms with Crippen LogP contribution in [0.2, 0.25) is 0 Å². The van der Waals surface area contributed by atoms with Gasteiger partial charge >= 0.3 is 6.18 Å². The second kappa shape index (κ2) is 6.17. The fourth-order valence-electron chi connectivity index (χ4n) is 4.30. The Morgan fingerprint density at radius 1 is 1.10 bits per heavy atom. The summed E-state index contributed by atoms with van der Waals surface area (Å²) in [5.41, 5.74) is 1.85. The maximum atomic E-state index is 13.3. The minimum absolute atomic E-state index is 0.0101. The third-order valence-corrected chi connectivity index (χ3v) is 5.50. The van der Waals surface area contributed by atoms with Crippen LogP contribution in [0.5, 0.6) is 0 Å². The molecule has 1 aliphatic heterocycles. The molecule has 0 saturated heterocycles. The summed E-state index contributed by atoms with van der Waals surface area (Å²) in [4.78, 5) is 16.7. The van der Waals surface area contributed by atoms with Gasteiger partial charge in [-0.05, 0) is 28.7 Å². The number of anilines is 1. The summed E-state index contributed by atoms with van der Waals surface area (Å²) >= 11 is 0. The van der Waals surface area contributed by atoms with Crippen molar-refractivity contribution in [2.45, 2.75) is 32.0 Å². The number of nitrogens with zero attached hydrogens (tertiary/aromatic N) is 3. The normalized spacial score (nSPS) is 21.7. The van der Waals surface area contributed by atoms with Crippen molar-refractivity contribution in [2.24, 2.45) is 5.92 Å². The zero-order chi connectivity index (χ0) is 20.3. The molecule has 1 N–H and O–H groups in total. The fraction of sp³-hybridized carbons (Fsp3) is 0.286. The van der Waals surface area contributed by atoms with Gasteiger partial charge in [0.05, 0.1) is 0 Å². The molecule has 2 heterocycles. The first kappa shape index (κ1) is 17.9. The van der Waals surface area contributed by atoms with Crippen LogP contribution in [0.15, 0.2) is 53.7 Å². The summed E-state index contributed by atoms with van der Waals surface area (Å²) in [5, 5.41) is 8.53. The van der Waals surface area contributed by atoms with Gasteiger partial charge in [0.1, 0.15) is 6.04 Å². The monoisotopic (exact) mass is 398 g/mol. The number of hydrogen-bond donors (Lipinski definition) is 1. The van der Waals surface area contributed by atoms with Crippen LogP contribution in [0, 0.1) is 5.92 Å². The highest BCUT2D eigenvalue weighted by atomic mass is 19.4. The highest BCUT2D eigenvalue weighted by Gasteiger charge is 2.43. The first-order chi connectivity index (χ1) is 13.8. The number of allylic oxidation sites excluding steroid dienone is 2. The fourth-order valence-corrected chi connectivity index (χ4v) is 4.30. The number of ketones is 1. The molecule has 2 aliphatic rings. The van der Waals surface area contributed by atoms with Crippen LogP contribution in [0.3, 0.4) is 0 Å². The number of Topliss-reactive ketones (excluding diaryl/α,β-unsaturated/α-hetero) is 1. The molecule has 2 atom stereocenters. The van der Waals surface area contributed by atoms with Crippen LogP contribution in [-0.4, -0.2) is 20.5 Å². The van der Waals surface area contributed by atoms with Crippen LogP contribution in [0.25, 0.3) is 10.8 Å². The van der Waals surface area contributed by atoms with Gasteiger partial charge in [0.25, 0.3) is 5.82 Å². The van der Waals surface area contributed by atoms with Crippen molar-refractivity contribution < 1.29 is 18.0 Å². The molecular formula is C21H17F3N4O. The maximum Gasteiger partial charge on any atom is 0.453 e. The number of halogens is 3. The van der Waals surface area contributed by atoms with Crippen molar-refractivity contribution in [3.8, 4) is 0 Å². The van der Waals surface area contributed by atoms with Crippen molar-refractivity contribution in [3.63, 3.8) is 0 Å². The molecule has 1 aliphatic carbocycles. The second-order valence-electron chi connectivity index (χ2n) is 7.63. The molecule has 148 valence electrons. The van der Waals surface area contributed by atoms with Gasteiger partial charge in [-0.2, -0.15) is 18.2 Å². The van der Waals surface area contributed by atoms with Crippen LogP contribution in [0.1, 0.15) is 37.2 Å². The van der Waals surface area contributed by atoms with E-state index in [0.29, 0.717) is 24.1 Å². The van der Waals surface area contributed by atoms with Crippen LogP contribution < -0.4 is 5.32 Å². The molecule has 0 saturated carbocycles. The highest BCUT2D eigenvalue weighted by molar-refractivity contribution is 6.00. The zero-order valence-electron chi connectivity index (χ0n) is 15.5. The largest absolute Gasteiger partial charge is 0.453 e. The summed E-state index contributed by atoms with van der Waals surface area (Å²) in [6.07, 6.45) is -3.73. The van der Waals surface area contributed by atoms with E-state index < -0.39 is 18.0 Å². The predicted molar refractivity (Wildman–Crippen MR) is 101 cm³/mol. The highest BCUT2D eigenvalue weighted by Crippen LogP contribution is 2.43. The molecule has 8 heteroatoms. The Bertz CT molecular complexity index is 1170.